The molecule has 2 nitrogen and oxygen atoms in total. The van der Waals surface area contributed by atoms with Gasteiger partial charge in [-0.2, -0.15) is 0 Å². The van der Waals surface area contributed by atoms with E-state index in [1.165, 1.54) is 0 Å². The molecule has 0 saturated heterocycles. The molecule has 1 atom stereocenters. The average Bonchev–Trinajstić information content (AvgIpc) is 2.41. The molecule has 17 heavy (non-hydrogen) atoms. The van der Waals surface area contributed by atoms with Crippen LogP contribution in [0.4, 0.5) is 0 Å². The first-order valence-electron chi connectivity index (χ1n) is 5.63. The van der Waals surface area contributed by atoms with Gasteiger partial charge in [-0.05, 0) is 11.1 Å². The minimum absolute atomic E-state index is 0.0742. The normalized spacial score (nSPS) is 12.4. The molecule has 2 rings (SSSR count). The summed E-state index contributed by atoms with van der Waals surface area (Å²) in [7, 11) is 0. The van der Waals surface area contributed by atoms with Crippen LogP contribution in [0.1, 0.15) is 17.0 Å². The van der Waals surface area contributed by atoms with Crippen LogP contribution in [0.5, 0.6) is 0 Å². The predicted octanol–water partition coefficient (Wildman–Crippen LogP) is 2.34. The summed E-state index contributed by atoms with van der Waals surface area (Å²) in [5, 5.41) is 0. The van der Waals surface area contributed by atoms with Crippen LogP contribution in [0.15, 0.2) is 60.7 Å². The Labute approximate surface area is 101 Å². The molecule has 2 aromatic rings. The number of aldehydes is 1. The molecular formula is C15H15NO. The number of carbonyl (C=O) groups is 1. The Morgan fingerprint density at radius 3 is 1.59 bits per heavy atom. The van der Waals surface area contributed by atoms with Crippen molar-refractivity contribution in [2.75, 3.05) is 0 Å². The van der Waals surface area contributed by atoms with Gasteiger partial charge in [0, 0.05) is 5.92 Å². The summed E-state index contributed by atoms with van der Waals surface area (Å²) in [5.74, 6) is -0.0742. The Morgan fingerprint density at radius 2 is 1.24 bits per heavy atom. The highest BCUT2D eigenvalue weighted by molar-refractivity contribution is 5.61. The van der Waals surface area contributed by atoms with Crippen LogP contribution < -0.4 is 5.73 Å². The molecule has 0 aliphatic rings. The molecule has 0 spiro atoms. The summed E-state index contributed by atoms with van der Waals surface area (Å²) in [6.45, 7) is 0. The Bertz CT molecular complexity index is 427. The third-order valence-electron chi connectivity index (χ3n) is 2.86. The maximum Gasteiger partial charge on any atom is 0.137 e. The van der Waals surface area contributed by atoms with Crippen molar-refractivity contribution < 1.29 is 4.79 Å². The Kier molecular flexibility index (Phi) is 3.68. The van der Waals surface area contributed by atoms with E-state index < -0.39 is 6.04 Å². The van der Waals surface area contributed by atoms with Crippen LogP contribution in [0, 0.1) is 0 Å². The van der Waals surface area contributed by atoms with Gasteiger partial charge < -0.3 is 10.5 Å². The van der Waals surface area contributed by atoms with Crippen molar-refractivity contribution in [3.63, 3.8) is 0 Å². The van der Waals surface area contributed by atoms with Gasteiger partial charge in [0.05, 0.1) is 6.04 Å². The summed E-state index contributed by atoms with van der Waals surface area (Å²) >= 11 is 0. The van der Waals surface area contributed by atoms with Crippen LogP contribution in [0.3, 0.4) is 0 Å². The lowest BCUT2D eigenvalue weighted by Crippen LogP contribution is -2.30. The zero-order chi connectivity index (χ0) is 12.1. The molecule has 86 valence electrons. The van der Waals surface area contributed by atoms with E-state index in [0.29, 0.717) is 0 Å². The van der Waals surface area contributed by atoms with E-state index in [-0.39, 0.29) is 5.92 Å². The molecule has 0 aliphatic carbocycles. The fraction of sp³-hybridized carbons (Fsp3) is 0.133. The van der Waals surface area contributed by atoms with Crippen LogP contribution in [0.25, 0.3) is 0 Å². The largest absolute Gasteiger partial charge is 0.321 e. The minimum Gasteiger partial charge on any atom is -0.321 e. The van der Waals surface area contributed by atoms with Crippen molar-refractivity contribution >= 4 is 6.29 Å². The smallest absolute Gasteiger partial charge is 0.137 e. The van der Waals surface area contributed by atoms with Gasteiger partial charge in [0.2, 0.25) is 0 Å². The fourth-order valence-corrected chi connectivity index (χ4v) is 2.04. The van der Waals surface area contributed by atoms with E-state index in [9.17, 15) is 4.79 Å². The summed E-state index contributed by atoms with van der Waals surface area (Å²) in [6, 6.07) is 19.2. The van der Waals surface area contributed by atoms with Crippen molar-refractivity contribution in [3.05, 3.63) is 71.8 Å². The fourth-order valence-electron chi connectivity index (χ4n) is 2.04. The monoisotopic (exact) mass is 225 g/mol. The SMILES string of the molecule is N[C@@H](C=O)C(c1ccccc1)c1ccccc1. The van der Waals surface area contributed by atoms with E-state index in [0.717, 1.165) is 17.4 Å². The predicted molar refractivity (Wildman–Crippen MR) is 68.8 cm³/mol. The summed E-state index contributed by atoms with van der Waals surface area (Å²) in [4.78, 5) is 11.0. The Morgan fingerprint density at radius 1 is 0.824 bits per heavy atom. The topological polar surface area (TPSA) is 43.1 Å². The van der Waals surface area contributed by atoms with Crippen LogP contribution in [-0.2, 0) is 4.79 Å². The quantitative estimate of drug-likeness (QED) is 0.812. The number of nitrogens with two attached hydrogens (primary N) is 1. The van der Waals surface area contributed by atoms with Crippen molar-refractivity contribution in [2.24, 2.45) is 5.73 Å². The molecule has 0 unspecified atom stereocenters. The molecule has 0 aromatic heterocycles. The molecule has 2 N–H and O–H groups in total. The number of benzene rings is 2. The Hall–Kier alpha value is -1.93. The maximum atomic E-state index is 11.0. The van der Waals surface area contributed by atoms with Crippen molar-refractivity contribution in [3.8, 4) is 0 Å². The highest BCUT2D eigenvalue weighted by Gasteiger charge is 2.20. The molecule has 0 amide bonds. The summed E-state index contributed by atoms with van der Waals surface area (Å²) in [6.07, 6.45) is 0.810. The summed E-state index contributed by atoms with van der Waals surface area (Å²) < 4.78 is 0. The molecule has 0 fully saturated rings. The molecule has 2 aromatic carbocycles. The molecule has 0 heterocycles. The second-order valence-electron chi connectivity index (χ2n) is 4.01. The number of hydrogen-bond donors (Lipinski definition) is 1. The van der Waals surface area contributed by atoms with E-state index in [2.05, 4.69) is 0 Å². The molecule has 2 heteroatoms. The molecule has 0 radical (unpaired) electrons. The van der Waals surface area contributed by atoms with E-state index >= 15 is 0 Å². The second-order valence-corrected chi connectivity index (χ2v) is 4.01. The van der Waals surface area contributed by atoms with E-state index in [4.69, 9.17) is 5.73 Å². The van der Waals surface area contributed by atoms with Gasteiger partial charge in [-0.3, -0.25) is 0 Å². The van der Waals surface area contributed by atoms with Gasteiger partial charge in [0.15, 0.2) is 0 Å². The Balaban J connectivity index is 2.43. The van der Waals surface area contributed by atoms with Crippen molar-refractivity contribution in [1.82, 2.24) is 0 Å². The number of carbonyl (C=O) groups excluding carboxylic acids is 1. The highest BCUT2D eigenvalue weighted by atomic mass is 16.1. The minimum atomic E-state index is -0.514. The lowest BCUT2D eigenvalue weighted by molar-refractivity contribution is -0.109. The average molecular weight is 225 g/mol. The van der Waals surface area contributed by atoms with Crippen LogP contribution in [0.2, 0.25) is 0 Å². The van der Waals surface area contributed by atoms with Gasteiger partial charge in [0.1, 0.15) is 6.29 Å². The first-order valence-corrected chi connectivity index (χ1v) is 5.63. The van der Waals surface area contributed by atoms with Crippen LogP contribution in [-0.4, -0.2) is 12.3 Å². The van der Waals surface area contributed by atoms with Crippen molar-refractivity contribution in [1.29, 1.82) is 0 Å². The standard InChI is InChI=1S/C15H15NO/c16-14(11-17)15(12-7-3-1-4-8-12)13-9-5-2-6-10-13/h1-11,14-15H,16H2/t14-/m0/s1. The highest BCUT2D eigenvalue weighted by Crippen LogP contribution is 2.26. The van der Waals surface area contributed by atoms with Gasteiger partial charge in [0.25, 0.3) is 0 Å². The molecule has 0 bridgehead atoms. The third kappa shape index (κ3) is 2.60. The van der Waals surface area contributed by atoms with Gasteiger partial charge in [-0.15, -0.1) is 0 Å². The molecule has 0 saturated carbocycles. The van der Waals surface area contributed by atoms with Crippen molar-refractivity contribution in [2.45, 2.75) is 12.0 Å². The first-order chi connectivity index (χ1) is 8.33. The third-order valence-corrected chi connectivity index (χ3v) is 2.86. The first kappa shape index (κ1) is 11.6. The number of rotatable bonds is 4. The van der Waals surface area contributed by atoms with E-state index in [1.807, 2.05) is 60.7 Å². The van der Waals surface area contributed by atoms with Gasteiger partial charge in [-0.25, -0.2) is 0 Å². The lowest BCUT2D eigenvalue weighted by atomic mass is 9.86. The van der Waals surface area contributed by atoms with E-state index in [1.54, 1.807) is 0 Å². The molecular weight excluding hydrogens is 210 g/mol. The van der Waals surface area contributed by atoms with Gasteiger partial charge >= 0.3 is 0 Å². The number of hydrogen-bond acceptors (Lipinski definition) is 2. The summed E-state index contributed by atoms with van der Waals surface area (Å²) in [5.41, 5.74) is 8.05. The molecule has 0 aliphatic heterocycles. The van der Waals surface area contributed by atoms with Crippen LogP contribution >= 0.6 is 0 Å². The van der Waals surface area contributed by atoms with Gasteiger partial charge in [-0.1, -0.05) is 60.7 Å². The zero-order valence-electron chi connectivity index (χ0n) is 9.49. The lowest BCUT2D eigenvalue weighted by Gasteiger charge is -2.20. The zero-order valence-corrected chi connectivity index (χ0v) is 9.49. The maximum absolute atomic E-state index is 11.0. The second kappa shape index (κ2) is 5.41.